The molecule has 1 saturated carbocycles. The van der Waals surface area contributed by atoms with Gasteiger partial charge < -0.3 is 4.90 Å². The van der Waals surface area contributed by atoms with E-state index in [2.05, 4.69) is 10.3 Å². The van der Waals surface area contributed by atoms with Gasteiger partial charge in [0, 0.05) is 24.4 Å². The smallest absolute Gasteiger partial charge is 0.324 e. The van der Waals surface area contributed by atoms with E-state index in [4.69, 9.17) is 0 Å². The van der Waals surface area contributed by atoms with E-state index < -0.39 is 18.1 Å². The van der Waals surface area contributed by atoms with Crippen LogP contribution in [0.25, 0.3) is 0 Å². The lowest BCUT2D eigenvalue weighted by Gasteiger charge is -2.33. The number of urea groups is 1. The SMILES string of the molecule is O=C(Nc1nc(C2CCC2)cs1)N1CCC[C@H](C(F)(F)F)C1. The predicted octanol–water partition coefficient (Wildman–Crippen LogP) is 4.22. The van der Waals surface area contributed by atoms with Crippen molar-refractivity contribution in [3.05, 3.63) is 11.1 Å². The van der Waals surface area contributed by atoms with Gasteiger partial charge in [-0.2, -0.15) is 13.2 Å². The standard InChI is InChI=1S/C14H18F3N3OS/c15-14(16,17)10-5-2-6-20(7-10)13(21)19-12-18-11(8-22-12)9-3-1-4-9/h8-10H,1-7H2,(H,18,19,21)/t10-/m0/s1. The second kappa shape index (κ2) is 6.06. The number of hydrogen-bond donors (Lipinski definition) is 1. The van der Waals surface area contributed by atoms with Gasteiger partial charge in [-0.3, -0.25) is 5.32 Å². The summed E-state index contributed by atoms with van der Waals surface area (Å²) in [5, 5.41) is 5.03. The van der Waals surface area contributed by atoms with E-state index in [1.54, 1.807) is 0 Å². The molecule has 122 valence electrons. The summed E-state index contributed by atoms with van der Waals surface area (Å²) in [4.78, 5) is 17.7. The van der Waals surface area contributed by atoms with Gasteiger partial charge >= 0.3 is 12.2 Å². The third kappa shape index (κ3) is 3.37. The number of likely N-dealkylation sites (tertiary alicyclic amines) is 1. The maximum atomic E-state index is 12.8. The van der Waals surface area contributed by atoms with Crippen LogP contribution in [0.1, 0.15) is 43.7 Å². The molecular weight excluding hydrogens is 315 g/mol. The summed E-state index contributed by atoms with van der Waals surface area (Å²) >= 11 is 1.33. The Balaban J connectivity index is 1.58. The Morgan fingerprint density at radius 3 is 2.73 bits per heavy atom. The fourth-order valence-electron chi connectivity index (χ4n) is 2.83. The number of hydrogen-bond acceptors (Lipinski definition) is 3. The molecule has 1 aromatic heterocycles. The normalized spacial score (nSPS) is 23.2. The van der Waals surface area contributed by atoms with Gasteiger partial charge in [0.25, 0.3) is 0 Å². The van der Waals surface area contributed by atoms with E-state index in [0.29, 0.717) is 24.0 Å². The van der Waals surface area contributed by atoms with Crippen molar-refractivity contribution >= 4 is 22.5 Å². The molecule has 1 N–H and O–H groups in total. The number of carbonyl (C=O) groups is 1. The maximum Gasteiger partial charge on any atom is 0.393 e. The molecule has 2 aliphatic rings. The maximum absolute atomic E-state index is 12.8. The van der Waals surface area contributed by atoms with Crippen LogP contribution < -0.4 is 5.32 Å². The van der Waals surface area contributed by atoms with Crippen LogP contribution in [0, 0.1) is 5.92 Å². The van der Waals surface area contributed by atoms with E-state index >= 15 is 0 Å². The number of thiazole rings is 1. The van der Waals surface area contributed by atoms with E-state index in [9.17, 15) is 18.0 Å². The van der Waals surface area contributed by atoms with Crippen LogP contribution in [0.4, 0.5) is 23.1 Å². The average Bonchev–Trinajstić information content (AvgIpc) is 2.84. The summed E-state index contributed by atoms with van der Waals surface area (Å²) in [6.07, 6.45) is -0.319. The summed E-state index contributed by atoms with van der Waals surface area (Å²) < 4.78 is 38.3. The largest absolute Gasteiger partial charge is 0.393 e. The number of nitrogens with one attached hydrogen (secondary N) is 1. The minimum Gasteiger partial charge on any atom is -0.324 e. The fraction of sp³-hybridized carbons (Fsp3) is 0.714. The van der Waals surface area contributed by atoms with Crippen molar-refractivity contribution in [3.63, 3.8) is 0 Å². The number of halogens is 3. The molecule has 1 aromatic rings. The van der Waals surface area contributed by atoms with Crippen LogP contribution >= 0.6 is 11.3 Å². The average molecular weight is 333 g/mol. The van der Waals surface area contributed by atoms with Crippen LogP contribution in [-0.2, 0) is 0 Å². The molecule has 1 aliphatic carbocycles. The van der Waals surface area contributed by atoms with E-state index in [0.717, 1.165) is 18.5 Å². The molecule has 22 heavy (non-hydrogen) atoms. The zero-order valence-corrected chi connectivity index (χ0v) is 12.8. The molecule has 4 nitrogen and oxygen atoms in total. The molecule has 8 heteroatoms. The number of rotatable bonds is 2. The number of alkyl halides is 3. The lowest BCUT2D eigenvalue weighted by atomic mass is 9.83. The van der Waals surface area contributed by atoms with Crippen molar-refractivity contribution in [3.8, 4) is 0 Å². The van der Waals surface area contributed by atoms with Gasteiger partial charge in [-0.15, -0.1) is 11.3 Å². The topological polar surface area (TPSA) is 45.2 Å². The zero-order chi connectivity index (χ0) is 15.7. The Morgan fingerprint density at radius 1 is 1.32 bits per heavy atom. The molecule has 1 saturated heterocycles. The van der Waals surface area contributed by atoms with Gasteiger partial charge in [-0.1, -0.05) is 6.42 Å². The van der Waals surface area contributed by atoms with Crippen LogP contribution in [0.3, 0.4) is 0 Å². The van der Waals surface area contributed by atoms with Gasteiger partial charge in [0.05, 0.1) is 11.6 Å². The summed E-state index contributed by atoms with van der Waals surface area (Å²) in [6.45, 7) is 0.0927. The molecule has 0 aromatic carbocycles. The summed E-state index contributed by atoms with van der Waals surface area (Å²) in [7, 11) is 0. The van der Waals surface area contributed by atoms with Crippen LogP contribution in [0.15, 0.2) is 5.38 Å². The number of carbonyl (C=O) groups excluding carboxylic acids is 1. The van der Waals surface area contributed by atoms with Crippen molar-refractivity contribution in [2.75, 3.05) is 18.4 Å². The van der Waals surface area contributed by atoms with Crippen LogP contribution in [0.2, 0.25) is 0 Å². The van der Waals surface area contributed by atoms with Crippen molar-refractivity contribution < 1.29 is 18.0 Å². The summed E-state index contributed by atoms with van der Waals surface area (Å²) in [6, 6.07) is -0.483. The Kier molecular flexibility index (Phi) is 4.29. The Labute approximate surface area is 130 Å². The highest BCUT2D eigenvalue weighted by atomic mass is 32.1. The third-order valence-electron chi connectivity index (χ3n) is 4.43. The number of anilines is 1. The highest BCUT2D eigenvalue weighted by Gasteiger charge is 2.42. The molecular formula is C14H18F3N3OS. The lowest BCUT2D eigenvalue weighted by Crippen LogP contribution is -2.46. The van der Waals surface area contributed by atoms with Crippen molar-refractivity contribution in [1.29, 1.82) is 0 Å². The number of aromatic nitrogens is 1. The molecule has 1 aliphatic heterocycles. The lowest BCUT2D eigenvalue weighted by molar-refractivity contribution is -0.183. The monoisotopic (exact) mass is 333 g/mol. The van der Waals surface area contributed by atoms with E-state index in [1.807, 2.05) is 5.38 Å². The van der Waals surface area contributed by atoms with Gasteiger partial charge in [0.15, 0.2) is 5.13 Å². The fourth-order valence-corrected chi connectivity index (χ4v) is 3.62. The van der Waals surface area contributed by atoms with Gasteiger partial charge in [0.1, 0.15) is 0 Å². The molecule has 1 atom stereocenters. The predicted molar refractivity (Wildman–Crippen MR) is 78.1 cm³/mol. The molecule has 3 rings (SSSR count). The summed E-state index contributed by atoms with van der Waals surface area (Å²) in [5.41, 5.74) is 0.985. The molecule has 0 spiro atoms. The minimum atomic E-state index is -4.24. The number of piperidine rings is 1. The van der Waals surface area contributed by atoms with Gasteiger partial charge in [-0.05, 0) is 25.7 Å². The Morgan fingerprint density at radius 2 is 2.09 bits per heavy atom. The second-order valence-electron chi connectivity index (χ2n) is 5.96. The summed E-state index contributed by atoms with van der Waals surface area (Å²) in [5.74, 6) is -0.944. The second-order valence-corrected chi connectivity index (χ2v) is 6.82. The van der Waals surface area contributed by atoms with Crippen LogP contribution in [-0.4, -0.2) is 35.2 Å². The molecule has 2 heterocycles. The number of nitrogens with zero attached hydrogens (tertiary/aromatic N) is 2. The van der Waals surface area contributed by atoms with Crippen molar-refractivity contribution in [1.82, 2.24) is 9.88 Å². The first-order valence-electron chi connectivity index (χ1n) is 7.51. The molecule has 2 amide bonds. The first kappa shape index (κ1) is 15.6. The Bertz CT molecular complexity index is 542. The van der Waals surface area contributed by atoms with Crippen LogP contribution in [0.5, 0.6) is 0 Å². The highest BCUT2D eigenvalue weighted by molar-refractivity contribution is 7.13. The quantitative estimate of drug-likeness (QED) is 0.881. The first-order valence-corrected chi connectivity index (χ1v) is 8.39. The minimum absolute atomic E-state index is 0.0936. The van der Waals surface area contributed by atoms with E-state index in [1.165, 1.54) is 22.7 Å². The van der Waals surface area contributed by atoms with Crippen molar-refractivity contribution in [2.24, 2.45) is 5.92 Å². The van der Waals surface area contributed by atoms with E-state index in [-0.39, 0.29) is 13.0 Å². The highest BCUT2D eigenvalue weighted by Crippen LogP contribution is 2.37. The third-order valence-corrected chi connectivity index (χ3v) is 5.21. The molecule has 2 fully saturated rings. The van der Waals surface area contributed by atoms with Gasteiger partial charge in [-0.25, -0.2) is 9.78 Å². The van der Waals surface area contributed by atoms with Gasteiger partial charge in [0.2, 0.25) is 0 Å². The molecule has 0 unspecified atom stereocenters. The Hall–Kier alpha value is -1.31. The number of amides is 2. The first-order chi connectivity index (χ1) is 10.4. The zero-order valence-electron chi connectivity index (χ0n) is 12.0. The van der Waals surface area contributed by atoms with Crippen molar-refractivity contribution in [2.45, 2.75) is 44.2 Å². The molecule has 0 radical (unpaired) electrons. The molecule has 0 bridgehead atoms.